The first-order chi connectivity index (χ1) is 12.7. The zero-order chi connectivity index (χ0) is 22.2. The zero-order valence-corrected chi connectivity index (χ0v) is 20.4. The molecule has 0 aliphatic rings. The molecule has 0 amide bonds. The summed E-state index contributed by atoms with van der Waals surface area (Å²) in [5.74, 6) is -1.62. The van der Waals surface area contributed by atoms with Gasteiger partial charge in [0.15, 0.2) is 0 Å². The number of ether oxygens (including phenoxy) is 3. The number of likely N-dealkylation sites (N-methyl/N-ethyl adjacent to an activating group) is 1. The summed E-state index contributed by atoms with van der Waals surface area (Å²) >= 11 is 0. The number of esters is 3. The van der Waals surface area contributed by atoms with E-state index in [-0.39, 0.29) is 43.8 Å². The molecule has 0 N–H and O–H groups in total. The van der Waals surface area contributed by atoms with Crippen molar-refractivity contribution in [2.75, 3.05) is 48.0 Å². The Morgan fingerprint density at radius 2 is 1.52 bits per heavy atom. The van der Waals surface area contributed by atoms with E-state index in [1.165, 1.54) is 7.11 Å². The molecule has 3 unspecified atom stereocenters. The summed E-state index contributed by atoms with van der Waals surface area (Å²) < 4.78 is 16.3. The number of carbonyl (C=O) groups is 3. The van der Waals surface area contributed by atoms with E-state index in [2.05, 4.69) is 0 Å². The molecule has 29 heavy (non-hydrogen) atoms. The van der Waals surface area contributed by atoms with E-state index in [9.17, 15) is 14.4 Å². The number of rotatable bonds is 12. The van der Waals surface area contributed by atoms with Gasteiger partial charge in [0, 0.05) is 0 Å². The fraction of sp³-hybridized carbons (Fsp3) is 0.857. The first-order valence-electron chi connectivity index (χ1n) is 9.97. The molecule has 0 aromatic heterocycles. The van der Waals surface area contributed by atoms with Gasteiger partial charge in [-0.2, -0.15) is 0 Å². The number of halogens is 1. The van der Waals surface area contributed by atoms with Gasteiger partial charge in [0.25, 0.3) is 0 Å². The third-order valence-corrected chi connectivity index (χ3v) is 5.17. The van der Waals surface area contributed by atoms with Crippen LogP contribution < -0.4 is 12.4 Å². The summed E-state index contributed by atoms with van der Waals surface area (Å²) in [4.78, 5) is 37.5. The van der Waals surface area contributed by atoms with Crippen LogP contribution in [0.2, 0.25) is 0 Å². The van der Waals surface area contributed by atoms with Gasteiger partial charge >= 0.3 is 17.9 Å². The molecule has 172 valence electrons. The Labute approximate surface area is 182 Å². The molecule has 0 rings (SSSR count). The second-order valence-corrected chi connectivity index (χ2v) is 9.15. The minimum atomic E-state index is -1.01. The van der Waals surface area contributed by atoms with E-state index in [0.717, 1.165) is 0 Å². The van der Waals surface area contributed by atoms with E-state index in [0.29, 0.717) is 24.1 Å². The quantitative estimate of drug-likeness (QED) is 0.239. The lowest BCUT2D eigenvalue weighted by Crippen LogP contribution is -3.00. The highest BCUT2D eigenvalue weighted by Gasteiger charge is 2.46. The molecular weight excluding hydrogens is 398 g/mol. The van der Waals surface area contributed by atoms with E-state index in [1.807, 2.05) is 28.1 Å². The molecule has 0 aliphatic carbocycles. The van der Waals surface area contributed by atoms with Crippen LogP contribution >= 0.6 is 0 Å². The van der Waals surface area contributed by atoms with E-state index in [4.69, 9.17) is 14.2 Å². The fourth-order valence-electron chi connectivity index (χ4n) is 3.31. The van der Waals surface area contributed by atoms with Crippen molar-refractivity contribution in [2.24, 2.45) is 16.7 Å². The molecule has 0 fully saturated rings. The summed E-state index contributed by atoms with van der Waals surface area (Å²) in [6.45, 7) is 10.2. The van der Waals surface area contributed by atoms with Crippen LogP contribution in [0.15, 0.2) is 0 Å². The maximum Gasteiger partial charge on any atom is 0.312 e. The predicted molar refractivity (Wildman–Crippen MR) is 107 cm³/mol. The van der Waals surface area contributed by atoms with Crippen molar-refractivity contribution in [3.8, 4) is 0 Å². The van der Waals surface area contributed by atoms with Crippen LogP contribution in [0.4, 0.5) is 0 Å². The maximum absolute atomic E-state index is 12.8. The molecule has 0 bridgehead atoms. The van der Waals surface area contributed by atoms with E-state index < -0.39 is 22.7 Å². The topological polar surface area (TPSA) is 78.9 Å². The summed E-state index contributed by atoms with van der Waals surface area (Å²) in [5, 5.41) is 0. The van der Waals surface area contributed by atoms with Crippen LogP contribution in [0.5, 0.6) is 0 Å². The Kier molecular flexibility index (Phi) is 12.7. The molecule has 0 radical (unpaired) electrons. The van der Waals surface area contributed by atoms with Gasteiger partial charge in [-0.1, -0.05) is 13.8 Å². The SMILES string of the molecule is CCOC(=O)C(C)CC(C)(CC(C)(CC)C(=O)OCC[N+](C)(C)C)C(=O)OC.[Cl-]. The number of carbonyl (C=O) groups excluding carboxylic acids is 3. The third-order valence-electron chi connectivity index (χ3n) is 5.17. The molecule has 0 spiro atoms. The Balaban J connectivity index is 0. The van der Waals surface area contributed by atoms with Crippen molar-refractivity contribution in [1.29, 1.82) is 0 Å². The monoisotopic (exact) mass is 437 g/mol. The minimum absolute atomic E-state index is 0. The number of hydrogen-bond donors (Lipinski definition) is 0. The van der Waals surface area contributed by atoms with Gasteiger partial charge in [0.1, 0.15) is 13.2 Å². The minimum Gasteiger partial charge on any atom is -1.00 e. The maximum atomic E-state index is 12.8. The summed E-state index contributed by atoms with van der Waals surface area (Å²) in [5.41, 5.74) is -1.87. The van der Waals surface area contributed by atoms with Crippen molar-refractivity contribution in [3.05, 3.63) is 0 Å². The van der Waals surface area contributed by atoms with Crippen molar-refractivity contribution < 1.29 is 45.5 Å². The average molecular weight is 438 g/mol. The molecular formula is C21H40ClNO6. The lowest BCUT2D eigenvalue weighted by atomic mass is 9.68. The largest absolute Gasteiger partial charge is 1.00 e. The standard InChI is InChI=1S/C21H40NO6.ClH/c1-10-20(4,19(25)28-13-12-22(6,7)8)15-21(5,18(24)26-9)14-16(3)17(23)27-11-2;/h16H,10-15H2,1-9H3;1H/q+1;/p-1. The Bertz CT molecular complexity index is 548. The molecule has 0 aromatic carbocycles. The van der Waals surface area contributed by atoms with Crippen molar-refractivity contribution >= 4 is 17.9 Å². The average Bonchev–Trinajstić information content (AvgIpc) is 2.59. The van der Waals surface area contributed by atoms with Gasteiger partial charge in [-0.3, -0.25) is 14.4 Å². The van der Waals surface area contributed by atoms with Gasteiger partial charge in [0.05, 0.1) is 51.6 Å². The van der Waals surface area contributed by atoms with Crippen LogP contribution in [-0.2, 0) is 28.6 Å². The number of nitrogens with zero attached hydrogens (tertiary/aromatic N) is 1. The Morgan fingerprint density at radius 3 is 1.93 bits per heavy atom. The van der Waals surface area contributed by atoms with Crippen molar-refractivity contribution in [1.82, 2.24) is 0 Å². The predicted octanol–water partition coefficient (Wildman–Crippen LogP) is -0.185. The van der Waals surface area contributed by atoms with E-state index in [1.54, 1.807) is 27.7 Å². The molecule has 7 nitrogen and oxygen atoms in total. The van der Waals surface area contributed by atoms with Gasteiger partial charge in [-0.05, 0) is 40.0 Å². The summed E-state index contributed by atoms with van der Waals surface area (Å²) in [6.07, 6.45) is 0.979. The molecule has 0 aliphatic heterocycles. The smallest absolute Gasteiger partial charge is 0.312 e. The highest BCUT2D eigenvalue weighted by atomic mass is 35.5. The third kappa shape index (κ3) is 9.81. The van der Waals surface area contributed by atoms with Crippen LogP contribution in [0.3, 0.4) is 0 Å². The highest BCUT2D eigenvalue weighted by molar-refractivity contribution is 5.81. The lowest BCUT2D eigenvalue weighted by Gasteiger charge is -2.37. The fourth-order valence-corrected chi connectivity index (χ4v) is 3.31. The van der Waals surface area contributed by atoms with Crippen LogP contribution in [0.1, 0.15) is 53.9 Å². The summed E-state index contributed by atoms with van der Waals surface area (Å²) in [7, 11) is 7.40. The van der Waals surface area contributed by atoms with Gasteiger partial charge in [0.2, 0.25) is 0 Å². The molecule has 8 heteroatoms. The first-order valence-corrected chi connectivity index (χ1v) is 9.97. The number of quaternary nitrogens is 1. The second kappa shape index (κ2) is 12.4. The van der Waals surface area contributed by atoms with Crippen molar-refractivity contribution in [2.45, 2.75) is 53.9 Å². The van der Waals surface area contributed by atoms with Crippen LogP contribution in [0, 0.1) is 16.7 Å². The summed E-state index contributed by atoms with van der Waals surface area (Å²) in [6, 6.07) is 0. The van der Waals surface area contributed by atoms with Gasteiger partial charge in [-0.25, -0.2) is 0 Å². The molecule has 0 heterocycles. The molecule has 0 saturated carbocycles. The zero-order valence-electron chi connectivity index (χ0n) is 19.6. The normalized spacial score (nSPS) is 16.4. The Hall–Kier alpha value is -1.34. The molecule has 3 atom stereocenters. The molecule has 0 aromatic rings. The van der Waals surface area contributed by atoms with Gasteiger partial charge < -0.3 is 31.1 Å². The van der Waals surface area contributed by atoms with Crippen LogP contribution in [0.25, 0.3) is 0 Å². The van der Waals surface area contributed by atoms with Gasteiger partial charge in [-0.15, -0.1) is 0 Å². The molecule has 0 saturated heterocycles. The first kappa shape index (κ1) is 29.9. The van der Waals surface area contributed by atoms with Crippen molar-refractivity contribution in [3.63, 3.8) is 0 Å². The van der Waals surface area contributed by atoms with E-state index >= 15 is 0 Å². The Morgan fingerprint density at radius 1 is 0.966 bits per heavy atom. The highest BCUT2D eigenvalue weighted by Crippen LogP contribution is 2.42. The lowest BCUT2D eigenvalue weighted by molar-refractivity contribution is -0.870. The number of hydrogen-bond acceptors (Lipinski definition) is 6. The number of methoxy groups -OCH3 is 1. The second-order valence-electron chi connectivity index (χ2n) is 9.15. The van der Waals surface area contributed by atoms with Crippen LogP contribution in [-0.4, -0.2) is 70.4 Å².